The summed E-state index contributed by atoms with van der Waals surface area (Å²) in [4.78, 5) is 27.6. The lowest BCUT2D eigenvalue weighted by atomic mass is 10.1. The molecule has 1 aromatic carbocycles. The van der Waals surface area contributed by atoms with Gasteiger partial charge in [-0.3, -0.25) is 9.69 Å². The second-order valence-corrected chi connectivity index (χ2v) is 6.31. The van der Waals surface area contributed by atoms with E-state index in [1.165, 1.54) is 6.92 Å². The van der Waals surface area contributed by atoms with Crippen molar-refractivity contribution >= 4 is 23.3 Å². The minimum atomic E-state index is -0.543. The maximum atomic E-state index is 12.4. The van der Waals surface area contributed by atoms with Gasteiger partial charge < -0.3 is 9.64 Å². The summed E-state index contributed by atoms with van der Waals surface area (Å²) in [5, 5.41) is 0. The zero-order valence-corrected chi connectivity index (χ0v) is 13.3. The number of carbonyl (C=O) groups is 2. The lowest BCUT2D eigenvalue weighted by molar-refractivity contribution is 0.0580. The minimum Gasteiger partial charge on any atom is -0.443 e. The predicted molar refractivity (Wildman–Crippen MR) is 83.3 cm³/mol. The van der Waals surface area contributed by atoms with Crippen LogP contribution in [0.25, 0.3) is 0 Å². The van der Waals surface area contributed by atoms with Crippen molar-refractivity contribution in [3.05, 3.63) is 23.8 Å². The number of likely N-dealkylation sites (N-methyl/N-ethyl adjacent to an activating group) is 1. The lowest BCUT2D eigenvalue weighted by Crippen LogP contribution is -2.45. The van der Waals surface area contributed by atoms with Crippen LogP contribution in [0.15, 0.2) is 18.2 Å². The smallest absolute Gasteiger partial charge is 0.414 e. The summed E-state index contributed by atoms with van der Waals surface area (Å²) in [5.41, 5.74) is 1.71. The summed E-state index contributed by atoms with van der Waals surface area (Å²) >= 11 is 0. The summed E-state index contributed by atoms with van der Waals surface area (Å²) in [6.07, 6.45) is -0.377. The maximum Gasteiger partial charge on any atom is 0.414 e. The first-order chi connectivity index (χ1) is 9.69. The van der Waals surface area contributed by atoms with Crippen molar-refractivity contribution < 1.29 is 14.3 Å². The van der Waals surface area contributed by atoms with Gasteiger partial charge in [0.05, 0.1) is 11.4 Å². The molecule has 1 amide bonds. The summed E-state index contributed by atoms with van der Waals surface area (Å²) < 4.78 is 5.45. The largest absolute Gasteiger partial charge is 0.443 e. The molecule has 114 valence electrons. The van der Waals surface area contributed by atoms with Crippen LogP contribution in [-0.4, -0.2) is 37.6 Å². The number of fused-ring (bicyclic) bond motifs is 1. The molecule has 21 heavy (non-hydrogen) atoms. The molecule has 0 atom stereocenters. The molecule has 5 nitrogen and oxygen atoms in total. The number of hydrogen-bond donors (Lipinski definition) is 0. The number of benzene rings is 1. The molecular formula is C16H22N2O3. The zero-order valence-electron chi connectivity index (χ0n) is 13.3. The Morgan fingerprint density at radius 2 is 1.81 bits per heavy atom. The first-order valence-corrected chi connectivity index (χ1v) is 7.06. The van der Waals surface area contributed by atoms with Crippen LogP contribution < -0.4 is 9.80 Å². The molecule has 0 spiro atoms. The number of amides is 1. The van der Waals surface area contributed by atoms with E-state index >= 15 is 0 Å². The SMILES string of the molecule is CC(=O)c1ccc2c(c1)N(C(=O)OC(C)(C)C)CCN2C. The van der Waals surface area contributed by atoms with Crippen LogP contribution in [0.5, 0.6) is 0 Å². The van der Waals surface area contributed by atoms with E-state index in [9.17, 15) is 9.59 Å². The molecule has 1 aromatic rings. The third kappa shape index (κ3) is 3.35. The van der Waals surface area contributed by atoms with Crippen LogP contribution in [-0.2, 0) is 4.74 Å². The van der Waals surface area contributed by atoms with E-state index in [0.29, 0.717) is 12.1 Å². The predicted octanol–water partition coefficient (Wildman–Crippen LogP) is 3.08. The van der Waals surface area contributed by atoms with Gasteiger partial charge in [0.1, 0.15) is 5.60 Å². The van der Waals surface area contributed by atoms with Gasteiger partial charge in [-0.2, -0.15) is 0 Å². The molecule has 0 radical (unpaired) electrons. The second-order valence-electron chi connectivity index (χ2n) is 6.31. The standard InChI is InChI=1S/C16H22N2O3/c1-11(19)12-6-7-13-14(10-12)18(9-8-17(13)5)15(20)21-16(2,3)4/h6-7,10H,8-9H2,1-5H3. The van der Waals surface area contributed by atoms with Crippen molar-refractivity contribution in [3.63, 3.8) is 0 Å². The van der Waals surface area contributed by atoms with Crippen molar-refractivity contribution in [3.8, 4) is 0 Å². The van der Waals surface area contributed by atoms with E-state index in [-0.39, 0.29) is 11.9 Å². The second kappa shape index (κ2) is 5.39. The first kappa shape index (κ1) is 15.4. The molecular weight excluding hydrogens is 268 g/mol. The number of Topliss-reactive ketones (excluding diaryl/α,β-unsaturated/α-hetero) is 1. The fourth-order valence-corrected chi connectivity index (χ4v) is 2.28. The molecule has 1 heterocycles. The lowest BCUT2D eigenvalue weighted by Gasteiger charge is -2.36. The third-order valence-electron chi connectivity index (χ3n) is 3.36. The number of rotatable bonds is 1. The Morgan fingerprint density at radius 3 is 2.38 bits per heavy atom. The van der Waals surface area contributed by atoms with Crippen LogP contribution >= 0.6 is 0 Å². The highest BCUT2D eigenvalue weighted by Gasteiger charge is 2.29. The summed E-state index contributed by atoms with van der Waals surface area (Å²) in [6, 6.07) is 5.43. The number of ketones is 1. The molecule has 0 fully saturated rings. The minimum absolute atomic E-state index is 0.0184. The average molecular weight is 290 g/mol. The van der Waals surface area contributed by atoms with Gasteiger partial charge in [-0.15, -0.1) is 0 Å². The zero-order chi connectivity index (χ0) is 15.8. The van der Waals surface area contributed by atoms with Crippen LogP contribution in [0.4, 0.5) is 16.2 Å². The maximum absolute atomic E-state index is 12.4. The number of anilines is 2. The molecule has 0 N–H and O–H groups in total. The monoisotopic (exact) mass is 290 g/mol. The highest BCUT2D eigenvalue weighted by molar-refractivity contribution is 6.00. The van der Waals surface area contributed by atoms with Crippen molar-refractivity contribution in [2.24, 2.45) is 0 Å². The van der Waals surface area contributed by atoms with Crippen LogP contribution in [0, 0.1) is 0 Å². The van der Waals surface area contributed by atoms with Crippen LogP contribution in [0.3, 0.4) is 0 Å². The van der Waals surface area contributed by atoms with Crippen molar-refractivity contribution in [1.82, 2.24) is 0 Å². The molecule has 0 aromatic heterocycles. The Kier molecular flexibility index (Phi) is 3.94. The molecule has 0 unspecified atom stereocenters. The topological polar surface area (TPSA) is 49.9 Å². The van der Waals surface area contributed by atoms with Gasteiger partial charge in [0.2, 0.25) is 0 Å². The highest BCUT2D eigenvalue weighted by atomic mass is 16.6. The van der Waals surface area contributed by atoms with E-state index in [1.54, 1.807) is 17.0 Å². The van der Waals surface area contributed by atoms with Gasteiger partial charge in [0.25, 0.3) is 0 Å². The average Bonchev–Trinajstić information content (AvgIpc) is 2.36. The van der Waals surface area contributed by atoms with E-state index in [1.807, 2.05) is 33.9 Å². The van der Waals surface area contributed by atoms with E-state index in [4.69, 9.17) is 4.74 Å². The number of hydrogen-bond acceptors (Lipinski definition) is 4. The van der Waals surface area contributed by atoms with Crippen molar-refractivity contribution in [2.75, 3.05) is 29.9 Å². The van der Waals surface area contributed by atoms with Crippen LogP contribution in [0.1, 0.15) is 38.1 Å². The Hall–Kier alpha value is -2.04. The van der Waals surface area contributed by atoms with Gasteiger partial charge >= 0.3 is 6.09 Å². The Morgan fingerprint density at radius 1 is 1.14 bits per heavy atom. The molecule has 1 aliphatic rings. The van der Waals surface area contributed by atoms with E-state index < -0.39 is 5.60 Å². The van der Waals surface area contributed by atoms with E-state index in [2.05, 4.69) is 4.90 Å². The number of ether oxygens (including phenoxy) is 1. The third-order valence-corrected chi connectivity index (χ3v) is 3.36. The van der Waals surface area contributed by atoms with Gasteiger partial charge in [-0.05, 0) is 45.9 Å². The summed E-state index contributed by atoms with van der Waals surface area (Å²) in [5.74, 6) is -0.0184. The molecule has 0 aliphatic carbocycles. The van der Waals surface area contributed by atoms with Crippen molar-refractivity contribution in [2.45, 2.75) is 33.3 Å². The number of carbonyl (C=O) groups excluding carboxylic acids is 2. The fraction of sp³-hybridized carbons (Fsp3) is 0.500. The summed E-state index contributed by atoms with van der Waals surface area (Å²) in [7, 11) is 1.97. The van der Waals surface area contributed by atoms with Crippen LogP contribution in [0.2, 0.25) is 0 Å². The Labute approximate surface area is 125 Å². The molecule has 0 saturated carbocycles. The van der Waals surface area contributed by atoms with Gasteiger partial charge in [0, 0.05) is 25.7 Å². The fourth-order valence-electron chi connectivity index (χ4n) is 2.28. The normalized spacial score (nSPS) is 14.7. The molecule has 1 aliphatic heterocycles. The van der Waals surface area contributed by atoms with Gasteiger partial charge in [-0.1, -0.05) is 0 Å². The molecule has 5 heteroatoms. The highest BCUT2D eigenvalue weighted by Crippen LogP contribution is 2.34. The van der Waals surface area contributed by atoms with Gasteiger partial charge in [0.15, 0.2) is 5.78 Å². The molecule has 0 saturated heterocycles. The molecule has 2 rings (SSSR count). The van der Waals surface area contributed by atoms with Gasteiger partial charge in [-0.25, -0.2) is 4.79 Å². The summed E-state index contributed by atoms with van der Waals surface area (Å²) in [6.45, 7) is 8.31. The quantitative estimate of drug-likeness (QED) is 0.746. The number of nitrogens with zero attached hydrogens (tertiary/aromatic N) is 2. The molecule has 0 bridgehead atoms. The van der Waals surface area contributed by atoms with Crippen molar-refractivity contribution in [1.29, 1.82) is 0 Å². The Bertz CT molecular complexity index is 575. The Balaban J connectivity index is 2.39. The first-order valence-electron chi connectivity index (χ1n) is 7.06. The van der Waals surface area contributed by atoms with E-state index in [0.717, 1.165) is 17.9 Å².